The van der Waals surface area contributed by atoms with E-state index >= 15 is 0 Å². The molecular formula is C25H29N3O3S. The largest absolute Gasteiger partial charge is 0.361 e. The Morgan fingerprint density at radius 3 is 2.41 bits per heavy atom. The van der Waals surface area contributed by atoms with E-state index in [0.717, 1.165) is 27.5 Å². The average molecular weight is 452 g/mol. The van der Waals surface area contributed by atoms with Crippen LogP contribution >= 0.6 is 11.8 Å². The molecule has 0 bridgehead atoms. The number of hydrogen-bond acceptors (Lipinski definition) is 5. The molecular weight excluding hydrogens is 422 g/mol. The van der Waals surface area contributed by atoms with Crippen LogP contribution in [0.25, 0.3) is 0 Å². The van der Waals surface area contributed by atoms with Crippen LogP contribution in [0.15, 0.2) is 57.9 Å². The normalized spacial score (nSPS) is 10.9. The molecule has 2 amide bonds. The van der Waals surface area contributed by atoms with Crippen molar-refractivity contribution in [3.05, 3.63) is 82.2 Å². The van der Waals surface area contributed by atoms with Gasteiger partial charge in [0.05, 0.1) is 11.3 Å². The molecule has 0 aliphatic rings. The zero-order valence-electron chi connectivity index (χ0n) is 19.1. The number of rotatable bonds is 8. The molecule has 0 radical (unpaired) electrons. The maximum absolute atomic E-state index is 12.9. The summed E-state index contributed by atoms with van der Waals surface area (Å²) in [5, 5.41) is 6.98. The van der Waals surface area contributed by atoms with Crippen molar-refractivity contribution in [1.29, 1.82) is 0 Å². The highest BCUT2D eigenvalue weighted by atomic mass is 32.2. The summed E-state index contributed by atoms with van der Waals surface area (Å²) >= 11 is 1.59. The molecule has 3 aromatic rings. The molecule has 1 heterocycles. The molecule has 168 valence electrons. The molecule has 32 heavy (non-hydrogen) atoms. The van der Waals surface area contributed by atoms with Crippen LogP contribution in [-0.4, -0.2) is 35.0 Å². The number of hydrogen-bond donors (Lipinski definition) is 1. The van der Waals surface area contributed by atoms with Gasteiger partial charge < -0.3 is 14.7 Å². The molecule has 1 aromatic heterocycles. The van der Waals surface area contributed by atoms with E-state index in [4.69, 9.17) is 4.52 Å². The van der Waals surface area contributed by atoms with Crippen molar-refractivity contribution < 1.29 is 14.1 Å². The van der Waals surface area contributed by atoms with Crippen LogP contribution in [0.4, 0.5) is 0 Å². The highest BCUT2D eigenvalue weighted by molar-refractivity contribution is 7.98. The van der Waals surface area contributed by atoms with Crippen LogP contribution in [0.5, 0.6) is 0 Å². The summed E-state index contributed by atoms with van der Waals surface area (Å²) in [5.74, 6) is 1.34. The Bertz CT molecular complexity index is 1070. The van der Waals surface area contributed by atoms with E-state index in [0.29, 0.717) is 23.4 Å². The van der Waals surface area contributed by atoms with Crippen molar-refractivity contribution in [3.8, 4) is 0 Å². The molecule has 3 rings (SSSR count). The van der Waals surface area contributed by atoms with Gasteiger partial charge in [-0.25, -0.2) is 0 Å². The van der Waals surface area contributed by atoms with Gasteiger partial charge in [-0.2, -0.15) is 0 Å². The molecule has 0 spiro atoms. The molecule has 0 aliphatic heterocycles. The van der Waals surface area contributed by atoms with Crippen molar-refractivity contribution in [2.75, 3.05) is 7.05 Å². The molecule has 1 N–H and O–H groups in total. The van der Waals surface area contributed by atoms with E-state index in [1.807, 2.05) is 64.1 Å². The maximum atomic E-state index is 12.9. The lowest BCUT2D eigenvalue weighted by molar-refractivity contribution is 0.0754. The third-order valence-corrected chi connectivity index (χ3v) is 6.53. The third-order valence-electron chi connectivity index (χ3n) is 5.43. The Kier molecular flexibility index (Phi) is 7.75. The summed E-state index contributed by atoms with van der Waals surface area (Å²) in [5.41, 5.74) is 4.14. The summed E-state index contributed by atoms with van der Waals surface area (Å²) < 4.78 is 5.23. The van der Waals surface area contributed by atoms with E-state index in [2.05, 4.69) is 10.5 Å². The molecule has 0 unspecified atom stereocenters. The minimum Gasteiger partial charge on any atom is -0.361 e. The number of aromatic nitrogens is 1. The molecule has 2 aromatic carbocycles. The summed E-state index contributed by atoms with van der Waals surface area (Å²) in [6.45, 7) is 8.16. The van der Waals surface area contributed by atoms with Gasteiger partial charge in [0.15, 0.2) is 0 Å². The second-order valence-corrected chi connectivity index (χ2v) is 8.99. The number of carbonyl (C=O) groups excluding carboxylic acids is 2. The molecule has 7 heteroatoms. The van der Waals surface area contributed by atoms with Gasteiger partial charge >= 0.3 is 0 Å². The number of nitrogens with zero attached hydrogens (tertiary/aromatic N) is 2. The third kappa shape index (κ3) is 5.59. The Morgan fingerprint density at radius 2 is 1.78 bits per heavy atom. The Morgan fingerprint density at radius 1 is 1.09 bits per heavy atom. The van der Waals surface area contributed by atoms with Crippen LogP contribution in [0.1, 0.15) is 57.1 Å². The van der Waals surface area contributed by atoms with Crippen LogP contribution in [0, 0.1) is 13.8 Å². The zero-order valence-corrected chi connectivity index (χ0v) is 20.0. The van der Waals surface area contributed by atoms with Crippen LogP contribution in [-0.2, 0) is 12.3 Å². The van der Waals surface area contributed by atoms with E-state index < -0.39 is 0 Å². The van der Waals surface area contributed by atoms with Gasteiger partial charge in [-0.1, -0.05) is 29.4 Å². The Labute approximate surface area is 193 Å². The van der Waals surface area contributed by atoms with E-state index in [9.17, 15) is 9.59 Å². The van der Waals surface area contributed by atoms with E-state index in [1.54, 1.807) is 35.8 Å². The van der Waals surface area contributed by atoms with E-state index in [1.165, 1.54) is 0 Å². The number of benzene rings is 2. The molecule has 0 aliphatic carbocycles. The van der Waals surface area contributed by atoms with Crippen molar-refractivity contribution in [3.63, 3.8) is 0 Å². The minimum atomic E-state index is -0.133. The fourth-order valence-corrected chi connectivity index (χ4v) is 4.32. The number of amides is 2. The predicted octanol–water partition coefficient (Wildman–Crippen LogP) is 4.99. The quantitative estimate of drug-likeness (QED) is 0.488. The highest BCUT2D eigenvalue weighted by Crippen LogP contribution is 2.28. The Hall–Kier alpha value is -3.06. The number of aryl methyl sites for hydroxylation is 2. The number of carbonyl (C=O) groups is 2. The van der Waals surface area contributed by atoms with Crippen molar-refractivity contribution in [1.82, 2.24) is 15.4 Å². The topological polar surface area (TPSA) is 75.4 Å². The van der Waals surface area contributed by atoms with Crippen LogP contribution in [0.2, 0.25) is 0 Å². The smallest absolute Gasteiger partial charge is 0.253 e. The van der Waals surface area contributed by atoms with Gasteiger partial charge in [-0.3, -0.25) is 9.59 Å². The van der Waals surface area contributed by atoms with Crippen LogP contribution < -0.4 is 5.32 Å². The SMILES string of the molecule is Cc1noc(C)c1CSc1ccccc1C(=O)NCc1ccc(C(=O)N(C)C(C)C)cc1. The summed E-state index contributed by atoms with van der Waals surface area (Å²) in [6, 6.07) is 15.1. The van der Waals surface area contributed by atoms with Gasteiger partial charge in [0.25, 0.3) is 11.8 Å². The highest BCUT2D eigenvalue weighted by Gasteiger charge is 2.16. The second kappa shape index (κ2) is 10.5. The average Bonchev–Trinajstić information content (AvgIpc) is 3.12. The molecule has 0 atom stereocenters. The first-order valence-electron chi connectivity index (χ1n) is 10.6. The summed E-state index contributed by atoms with van der Waals surface area (Å²) in [6.07, 6.45) is 0. The minimum absolute atomic E-state index is 0.0140. The predicted molar refractivity (Wildman–Crippen MR) is 127 cm³/mol. The Balaban J connectivity index is 1.62. The maximum Gasteiger partial charge on any atom is 0.253 e. The van der Waals surface area contributed by atoms with Gasteiger partial charge in [-0.05, 0) is 57.5 Å². The summed E-state index contributed by atoms with van der Waals surface area (Å²) in [7, 11) is 1.79. The first kappa shape index (κ1) is 23.6. The fraction of sp³-hybridized carbons (Fsp3) is 0.320. The second-order valence-electron chi connectivity index (χ2n) is 7.98. The fourth-order valence-electron chi connectivity index (χ4n) is 3.12. The lowest BCUT2D eigenvalue weighted by Crippen LogP contribution is -2.32. The molecule has 6 nitrogen and oxygen atoms in total. The van der Waals surface area contributed by atoms with Crippen molar-refractivity contribution in [2.45, 2.75) is 50.9 Å². The van der Waals surface area contributed by atoms with Gasteiger partial charge in [0.2, 0.25) is 0 Å². The molecule has 0 saturated heterocycles. The first-order chi connectivity index (χ1) is 15.3. The first-order valence-corrected chi connectivity index (χ1v) is 11.5. The van der Waals surface area contributed by atoms with E-state index in [-0.39, 0.29) is 17.9 Å². The van der Waals surface area contributed by atoms with Gasteiger partial charge in [0.1, 0.15) is 5.76 Å². The molecule has 0 fully saturated rings. The number of thioether (sulfide) groups is 1. The standard InChI is InChI=1S/C25H29N3O3S/c1-16(2)28(5)25(30)20-12-10-19(11-13-20)14-26-24(29)21-8-6-7-9-23(21)32-15-22-17(3)27-31-18(22)4/h6-13,16H,14-15H2,1-5H3,(H,26,29). The van der Waals surface area contributed by atoms with Gasteiger partial charge in [0, 0.05) is 41.4 Å². The summed E-state index contributed by atoms with van der Waals surface area (Å²) in [4.78, 5) is 27.9. The zero-order chi connectivity index (χ0) is 23.3. The lowest BCUT2D eigenvalue weighted by Gasteiger charge is -2.21. The van der Waals surface area contributed by atoms with Crippen molar-refractivity contribution >= 4 is 23.6 Å². The van der Waals surface area contributed by atoms with Gasteiger partial charge in [-0.15, -0.1) is 11.8 Å². The van der Waals surface area contributed by atoms with Crippen LogP contribution in [0.3, 0.4) is 0 Å². The molecule has 0 saturated carbocycles. The monoisotopic (exact) mass is 451 g/mol. The lowest BCUT2D eigenvalue weighted by atomic mass is 10.1. The number of nitrogens with one attached hydrogen (secondary N) is 1. The van der Waals surface area contributed by atoms with Crippen molar-refractivity contribution in [2.24, 2.45) is 0 Å².